The number of benzene rings is 2. The number of nitrogens with one attached hydrogen (secondary N) is 1. The molecule has 1 heterocycles. The van der Waals surface area contributed by atoms with E-state index in [-0.39, 0.29) is 5.91 Å². The van der Waals surface area contributed by atoms with Crippen LogP contribution in [0.25, 0.3) is 0 Å². The maximum absolute atomic E-state index is 12.1. The van der Waals surface area contributed by atoms with Crippen LogP contribution in [0.5, 0.6) is 0 Å². The summed E-state index contributed by atoms with van der Waals surface area (Å²) in [5.41, 5.74) is 1.82. The lowest BCUT2D eigenvalue weighted by molar-refractivity contribution is -0.119. The fourth-order valence-corrected chi connectivity index (χ4v) is 2.38. The number of aldehydes is 1. The molecule has 0 saturated carbocycles. The standard InChI is InChI=1S/C16H12N2O3/c19-10-11-6-8-13(9-7-11)18-14(15(20)17-16(18)21)12-4-2-1-3-5-12/h1-10,14H,(H,17,20,21). The number of urea groups is 1. The van der Waals surface area contributed by atoms with Crippen LogP contribution in [0.3, 0.4) is 0 Å². The number of rotatable bonds is 3. The molecular weight excluding hydrogens is 268 g/mol. The van der Waals surface area contributed by atoms with Crippen LogP contribution in [0.4, 0.5) is 10.5 Å². The summed E-state index contributed by atoms with van der Waals surface area (Å²) in [6, 6.07) is 14.5. The smallest absolute Gasteiger partial charge is 0.298 e. The van der Waals surface area contributed by atoms with Crippen molar-refractivity contribution in [3.8, 4) is 0 Å². The predicted molar refractivity (Wildman–Crippen MR) is 77.0 cm³/mol. The van der Waals surface area contributed by atoms with E-state index >= 15 is 0 Å². The van der Waals surface area contributed by atoms with Crippen molar-refractivity contribution in [2.75, 3.05) is 4.90 Å². The fourth-order valence-electron chi connectivity index (χ4n) is 2.38. The second-order valence-electron chi connectivity index (χ2n) is 4.69. The molecule has 21 heavy (non-hydrogen) atoms. The molecule has 5 heteroatoms. The largest absolute Gasteiger partial charge is 0.329 e. The lowest BCUT2D eigenvalue weighted by atomic mass is 10.1. The Hall–Kier alpha value is -2.95. The third-order valence-electron chi connectivity index (χ3n) is 3.38. The van der Waals surface area contributed by atoms with Gasteiger partial charge in [-0.2, -0.15) is 0 Å². The first-order chi connectivity index (χ1) is 10.2. The summed E-state index contributed by atoms with van der Waals surface area (Å²) in [6.07, 6.45) is 0.730. The molecule has 0 aromatic heterocycles. The Kier molecular flexibility index (Phi) is 3.23. The van der Waals surface area contributed by atoms with Gasteiger partial charge >= 0.3 is 6.03 Å². The van der Waals surface area contributed by atoms with Crippen LogP contribution >= 0.6 is 0 Å². The lowest BCUT2D eigenvalue weighted by Gasteiger charge is -2.22. The Bertz CT molecular complexity index is 695. The monoisotopic (exact) mass is 280 g/mol. The first kappa shape index (κ1) is 13.1. The van der Waals surface area contributed by atoms with E-state index in [1.54, 1.807) is 36.4 Å². The van der Waals surface area contributed by atoms with Crippen LogP contribution in [0, 0.1) is 0 Å². The minimum Gasteiger partial charge on any atom is -0.298 e. The summed E-state index contributed by atoms with van der Waals surface area (Å²) < 4.78 is 0. The van der Waals surface area contributed by atoms with E-state index in [4.69, 9.17) is 0 Å². The van der Waals surface area contributed by atoms with E-state index < -0.39 is 12.1 Å². The molecule has 0 spiro atoms. The molecule has 1 saturated heterocycles. The minimum atomic E-state index is -0.694. The maximum Gasteiger partial charge on any atom is 0.329 e. The maximum atomic E-state index is 12.1. The molecule has 0 aliphatic carbocycles. The summed E-state index contributed by atoms with van der Waals surface area (Å²) in [4.78, 5) is 36.2. The van der Waals surface area contributed by atoms with E-state index in [0.29, 0.717) is 11.3 Å². The normalized spacial score (nSPS) is 17.7. The van der Waals surface area contributed by atoms with Crippen LogP contribution in [-0.4, -0.2) is 18.2 Å². The molecule has 5 nitrogen and oxygen atoms in total. The molecule has 1 fully saturated rings. The van der Waals surface area contributed by atoms with Crippen molar-refractivity contribution < 1.29 is 14.4 Å². The summed E-state index contributed by atoms with van der Waals surface area (Å²) >= 11 is 0. The summed E-state index contributed by atoms with van der Waals surface area (Å²) in [7, 11) is 0. The number of hydrogen-bond acceptors (Lipinski definition) is 3. The highest BCUT2D eigenvalue weighted by atomic mass is 16.2. The first-order valence-corrected chi connectivity index (χ1v) is 6.45. The average Bonchev–Trinajstić information content (AvgIpc) is 2.82. The van der Waals surface area contributed by atoms with Gasteiger partial charge in [-0.15, -0.1) is 0 Å². The van der Waals surface area contributed by atoms with E-state index in [2.05, 4.69) is 5.32 Å². The van der Waals surface area contributed by atoms with Gasteiger partial charge in [-0.25, -0.2) is 4.79 Å². The molecule has 0 radical (unpaired) electrons. The van der Waals surface area contributed by atoms with Crippen molar-refractivity contribution >= 4 is 23.9 Å². The lowest BCUT2D eigenvalue weighted by Crippen LogP contribution is -2.29. The molecule has 3 amide bonds. The molecule has 2 aromatic rings. The van der Waals surface area contributed by atoms with Crippen molar-refractivity contribution in [1.82, 2.24) is 5.32 Å². The molecule has 1 aliphatic heterocycles. The zero-order valence-corrected chi connectivity index (χ0v) is 11.0. The van der Waals surface area contributed by atoms with Gasteiger partial charge in [0.1, 0.15) is 12.3 Å². The van der Waals surface area contributed by atoms with Gasteiger partial charge in [-0.3, -0.25) is 19.8 Å². The molecular formula is C16H12N2O3. The number of carbonyl (C=O) groups is 3. The second kappa shape index (κ2) is 5.20. The van der Waals surface area contributed by atoms with Gasteiger partial charge in [-0.1, -0.05) is 30.3 Å². The molecule has 3 rings (SSSR count). The van der Waals surface area contributed by atoms with Crippen molar-refractivity contribution in [3.63, 3.8) is 0 Å². The topological polar surface area (TPSA) is 66.5 Å². The number of carbonyl (C=O) groups excluding carboxylic acids is 3. The number of amides is 3. The van der Waals surface area contributed by atoms with Gasteiger partial charge in [-0.05, 0) is 29.8 Å². The third kappa shape index (κ3) is 2.29. The van der Waals surface area contributed by atoms with Gasteiger partial charge in [0, 0.05) is 11.3 Å². The molecule has 1 N–H and O–H groups in total. The van der Waals surface area contributed by atoms with Crippen molar-refractivity contribution in [2.45, 2.75) is 6.04 Å². The quantitative estimate of drug-likeness (QED) is 0.693. The SMILES string of the molecule is O=Cc1ccc(N2C(=O)NC(=O)C2c2ccccc2)cc1. The molecule has 104 valence electrons. The number of anilines is 1. The van der Waals surface area contributed by atoms with Gasteiger partial charge in [0.05, 0.1) is 0 Å². The summed E-state index contributed by atoms with van der Waals surface area (Å²) in [5.74, 6) is -0.356. The highest BCUT2D eigenvalue weighted by molar-refractivity contribution is 6.14. The number of hydrogen-bond donors (Lipinski definition) is 1. The zero-order chi connectivity index (χ0) is 14.8. The zero-order valence-electron chi connectivity index (χ0n) is 11.0. The highest BCUT2D eigenvalue weighted by Gasteiger charge is 2.40. The Morgan fingerprint density at radius 3 is 2.24 bits per heavy atom. The highest BCUT2D eigenvalue weighted by Crippen LogP contribution is 2.31. The third-order valence-corrected chi connectivity index (χ3v) is 3.38. The average molecular weight is 280 g/mol. The van der Waals surface area contributed by atoms with Crippen molar-refractivity contribution in [3.05, 3.63) is 65.7 Å². The Morgan fingerprint density at radius 2 is 1.62 bits per heavy atom. The molecule has 0 bridgehead atoms. The summed E-state index contributed by atoms with van der Waals surface area (Å²) in [5, 5.41) is 2.32. The van der Waals surface area contributed by atoms with E-state index in [1.807, 2.05) is 18.2 Å². The number of nitrogens with zero attached hydrogens (tertiary/aromatic N) is 1. The van der Waals surface area contributed by atoms with Crippen LogP contribution < -0.4 is 10.2 Å². The Balaban J connectivity index is 2.03. The Morgan fingerprint density at radius 1 is 0.952 bits per heavy atom. The van der Waals surface area contributed by atoms with Crippen molar-refractivity contribution in [2.24, 2.45) is 0 Å². The van der Waals surface area contributed by atoms with E-state index in [1.165, 1.54) is 4.90 Å². The predicted octanol–water partition coefficient (Wildman–Crippen LogP) is 2.30. The number of imide groups is 1. The van der Waals surface area contributed by atoms with Crippen LogP contribution in [0.1, 0.15) is 22.0 Å². The van der Waals surface area contributed by atoms with Gasteiger partial charge in [0.2, 0.25) is 0 Å². The van der Waals surface area contributed by atoms with Crippen LogP contribution in [0.2, 0.25) is 0 Å². The van der Waals surface area contributed by atoms with Crippen LogP contribution in [0.15, 0.2) is 54.6 Å². The second-order valence-corrected chi connectivity index (χ2v) is 4.69. The van der Waals surface area contributed by atoms with E-state index in [0.717, 1.165) is 11.8 Å². The molecule has 1 atom stereocenters. The van der Waals surface area contributed by atoms with Crippen molar-refractivity contribution in [1.29, 1.82) is 0 Å². The minimum absolute atomic E-state index is 0.356. The van der Waals surface area contributed by atoms with Gasteiger partial charge in [0.25, 0.3) is 5.91 Å². The molecule has 1 unspecified atom stereocenters. The summed E-state index contributed by atoms with van der Waals surface area (Å²) in [6.45, 7) is 0. The van der Waals surface area contributed by atoms with Gasteiger partial charge in [0.15, 0.2) is 0 Å². The van der Waals surface area contributed by atoms with E-state index in [9.17, 15) is 14.4 Å². The van der Waals surface area contributed by atoms with Crippen LogP contribution in [-0.2, 0) is 4.79 Å². The fraction of sp³-hybridized carbons (Fsp3) is 0.0625. The Labute approximate surface area is 121 Å². The van der Waals surface area contributed by atoms with Gasteiger partial charge < -0.3 is 0 Å². The first-order valence-electron chi connectivity index (χ1n) is 6.45. The molecule has 2 aromatic carbocycles. The molecule has 1 aliphatic rings.